The van der Waals surface area contributed by atoms with E-state index in [0.29, 0.717) is 13.0 Å². The molecule has 142 valence electrons. The molecule has 0 saturated heterocycles. The van der Waals surface area contributed by atoms with Gasteiger partial charge in [0.15, 0.2) is 5.75 Å². The molecule has 0 spiro atoms. The fourth-order valence-electron chi connectivity index (χ4n) is 2.62. The molecular formula is C19H20N2O6. The average Bonchev–Trinajstić information content (AvgIpc) is 2.66. The number of rotatable bonds is 9. The number of benzene rings is 2. The second-order valence-electron chi connectivity index (χ2n) is 5.85. The molecule has 8 heteroatoms. The Morgan fingerprint density at radius 1 is 1.19 bits per heavy atom. The van der Waals surface area contributed by atoms with Crippen LogP contribution in [0.5, 0.6) is 5.75 Å². The average molecular weight is 372 g/mol. The molecule has 1 amide bonds. The number of ether oxygens (including phenoxy) is 1. The molecule has 0 radical (unpaired) electrons. The first kappa shape index (κ1) is 19.9. The molecule has 27 heavy (non-hydrogen) atoms. The summed E-state index contributed by atoms with van der Waals surface area (Å²) in [6.07, 6.45) is 0.250. The van der Waals surface area contributed by atoms with Crippen LogP contribution in [0.4, 0.5) is 5.69 Å². The van der Waals surface area contributed by atoms with Crippen LogP contribution >= 0.6 is 0 Å². The van der Waals surface area contributed by atoms with E-state index in [1.807, 2.05) is 30.3 Å². The smallest absolute Gasteiger partial charge is 0.310 e. The van der Waals surface area contributed by atoms with Crippen LogP contribution in [0, 0.1) is 10.1 Å². The first-order valence-corrected chi connectivity index (χ1v) is 8.29. The van der Waals surface area contributed by atoms with Gasteiger partial charge in [-0.2, -0.15) is 0 Å². The topological polar surface area (TPSA) is 110 Å². The second kappa shape index (κ2) is 9.33. The van der Waals surface area contributed by atoms with Crippen molar-refractivity contribution in [1.82, 2.24) is 4.90 Å². The molecule has 0 fully saturated rings. The number of methoxy groups -OCH3 is 1. The van der Waals surface area contributed by atoms with E-state index in [1.165, 1.54) is 30.2 Å². The maximum absolute atomic E-state index is 12.9. The maximum atomic E-state index is 12.9. The van der Waals surface area contributed by atoms with Gasteiger partial charge in [0.1, 0.15) is 0 Å². The van der Waals surface area contributed by atoms with Gasteiger partial charge in [0.25, 0.3) is 5.91 Å². The van der Waals surface area contributed by atoms with Crippen LogP contribution in [0.15, 0.2) is 48.5 Å². The maximum Gasteiger partial charge on any atom is 0.310 e. The standard InChI is InChI=1S/C19H20N2O6/c1-27-17-12-15(9-10-16(17)21(25)26)19(24)20(11-5-8-18(22)23)13-14-6-3-2-4-7-14/h2-4,6-7,9-10,12H,5,8,11,13H2,1H3,(H,22,23). The van der Waals surface area contributed by atoms with Crippen molar-refractivity contribution in [1.29, 1.82) is 0 Å². The third-order valence-electron chi connectivity index (χ3n) is 3.95. The van der Waals surface area contributed by atoms with Crippen molar-refractivity contribution in [2.24, 2.45) is 0 Å². The summed E-state index contributed by atoms with van der Waals surface area (Å²) in [6.45, 7) is 0.553. The zero-order valence-electron chi connectivity index (χ0n) is 14.8. The fraction of sp³-hybridized carbons (Fsp3) is 0.263. The fourth-order valence-corrected chi connectivity index (χ4v) is 2.62. The molecule has 0 heterocycles. The quantitative estimate of drug-likeness (QED) is 0.535. The van der Waals surface area contributed by atoms with Crippen LogP contribution in [0.1, 0.15) is 28.8 Å². The molecule has 8 nitrogen and oxygen atoms in total. The Morgan fingerprint density at radius 3 is 2.48 bits per heavy atom. The Morgan fingerprint density at radius 2 is 1.89 bits per heavy atom. The molecule has 1 N–H and O–H groups in total. The molecule has 0 unspecified atom stereocenters. The second-order valence-corrected chi connectivity index (χ2v) is 5.85. The zero-order chi connectivity index (χ0) is 19.8. The highest BCUT2D eigenvalue weighted by atomic mass is 16.6. The summed E-state index contributed by atoms with van der Waals surface area (Å²) in [4.78, 5) is 35.7. The monoisotopic (exact) mass is 372 g/mol. The van der Waals surface area contributed by atoms with Gasteiger partial charge in [-0.05, 0) is 18.1 Å². The number of carboxylic acid groups (broad SMARTS) is 1. The number of hydrogen-bond donors (Lipinski definition) is 1. The highest BCUT2D eigenvalue weighted by Gasteiger charge is 2.21. The van der Waals surface area contributed by atoms with E-state index < -0.39 is 10.9 Å². The molecule has 0 aromatic heterocycles. The van der Waals surface area contributed by atoms with E-state index in [0.717, 1.165) is 5.56 Å². The van der Waals surface area contributed by atoms with Crippen LogP contribution in [0.2, 0.25) is 0 Å². The molecule has 0 aliphatic heterocycles. The minimum atomic E-state index is -0.931. The van der Waals surface area contributed by atoms with Gasteiger partial charge < -0.3 is 14.7 Å². The lowest BCUT2D eigenvalue weighted by Crippen LogP contribution is -2.32. The SMILES string of the molecule is COc1cc(C(=O)N(CCCC(=O)O)Cc2ccccc2)ccc1[N+](=O)[O-]. The lowest BCUT2D eigenvalue weighted by Gasteiger charge is -2.23. The number of carbonyl (C=O) groups is 2. The van der Waals surface area contributed by atoms with Gasteiger partial charge in [-0.1, -0.05) is 30.3 Å². The predicted octanol–water partition coefficient (Wildman–Crippen LogP) is 3.11. The van der Waals surface area contributed by atoms with Crippen LogP contribution in [0.25, 0.3) is 0 Å². The predicted molar refractivity (Wildman–Crippen MR) is 97.7 cm³/mol. The lowest BCUT2D eigenvalue weighted by atomic mass is 10.1. The number of nitro groups is 1. The third kappa shape index (κ3) is 5.53. The summed E-state index contributed by atoms with van der Waals surface area (Å²) >= 11 is 0. The summed E-state index contributed by atoms with van der Waals surface area (Å²) in [7, 11) is 1.30. The minimum Gasteiger partial charge on any atom is -0.490 e. The van der Waals surface area contributed by atoms with E-state index >= 15 is 0 Å². The Balaban J connectivity index is 2.26. The number of carboxylic acids is 1. The van der Waals surface area contributed by atoms with Gasteiger partial charge in [0.2, 0.25) is 0 Å². The van der Waals surface area contributed by atoms with E-state index in [9.17, 15) is 19.7 Å². The van der Waals surface area contributed by atoms with E-state index in [-0.39, 0.29) is 35.9 Å². The van der Waals surface area contributed by atoms with E-state index in [4.69, 9.17) is 9.84 Å². The van der Waals surface area contributed by atoms with Crippen LogP contribution < -0.4 is 4.74 Å². The molecule has 0 aliphatic carbocycles. The zero-order valence-corrected chi connectivity index (χ0v) is 14.8. The molecule has 2 rings (SSSR count). The molecule has 0 saturated carbocycles. The van der Waals surface area contributed by atoms with Crippen molar-refractivity contribution < 1.29 is 24.4 Å². The van der Waals surface area contributed by atoms with Crippen LogP contribution in [-0.2, 0) is 11.3 Å². The highest BCUT2D eigenvalue weighted by molar-refractivity contribution is 5.95. The van der Waals surface area contributed by atoms with Crippen molar-refractivity contribution in [3.05, 3.63) is 69.8 Å². The third-order valence-corrected chi connectivity index (χ3v) is 3.95. The van der Waals surface area contributed by atoms with Crippen molar-refractivity contribution >= 4 is 17.6 Å². The largest absolute Gasteiger partial charge is 0.490 e. The number of nitrogens with zero attached hydrogens (tertiary/aromatic N) is 2. The number of aliphatic carboxylic acids is 1. The van der Waals surface area contributed by atoms with Crippen LogP contribution in [0.3, 0.4) is 0 Å². The first-order chi connectivity index (χ1) is 12.9. The Hall–Kier alpha value is -3.42. The summed E-state index contributed by atoms with van der Waals surface area (Å²) in [5.74, 6) is -1.28. The number of amides is 1. The van der Waals surface area contributed by atoms with Gasteiger partial charge in [-0.15, -0.1) is 0 Å². The summed E-state index contributed by atoms with van der Waals surface area (Å²) in [5, 5.41) is 19.9. The van der Waals surface area contributed by atoms with Crippen LogP contribution in [-0.4, -0.2) is 40.5 Å². The first-order valence-electron chi connectivity index (χ1n) is 8.29. The molecule has 0 aliphatic rings. The number of hydrogen-bond acceptors (Lipinski definition) is 5. The number of carbonyl (C=O) groups excluding carboxylic acids is 1. The van der Waals surface area contributed by atoms with Gasteiger partial charge in [-0.3, -0.25) is 19.7 Å². The summed E-state index contributed by atoms with van der Waals surface area (Å²) < 4.78 is 5.02. The highest BCUT2D eigenvalue weighted by Crippen LogP contribution is 2.28. The Labute approximate surface area is 156 Å². The van der Waals surface area contributed by atoms with Gasteiger partial charge in [0.05, 0.1) is 12.0 Å². The van der Waals surface area contributed by atoms with Gasteiger partial charge in [0, 0.05) is 37.2 Å². The minimum absolute atomic E-state index is 0.00366. The summed E-state index contributed by atoms with van der Waals surface area (Å²) in [5.41, 5.74) is 0.910. The molecule has 2 aromatic rings. The van der Waals surface area contributed by atoms with Crippen molar-refractivity contribution in [2.45, 2.75) is 19.4 Å². The number of nitro benzene ring substituents is 1. The van der Waals surface area contributed by atoms with Gasteiger partial charge in [-0.25, -0.2) is 0 Å². The van der Waals surface area contributed by atoms with E-state index in [2.05, 4.69) is 0 Å². The molecule has 0 atom stereocenters. The molecule has 2 aromatic carbocycles. The summed E-state index contributed by atoms with van der Waals surface area (Å²) in [6, 6.07) is 13.2. The van der Waals surface area contributed by atoms with Gasteiger partial charge >= 0.3 is 11.7 Å². The van der Waals surface area contributed by atoms with Crippen molar-refractivity contribution in [3.63, 3.8) is 0 Å². The normalized spacial score (nSPS) is 10.3. The molecule has 0 bridgehead atoms. The Bertz CT molecular complexity index is 822. The lowest BCUT2D eigenvalue weighted by molar-refractivity contribution is -0.385. The Kier molecular flexibility index (Phi) is 6.87. The van der Waals surface area contributed by atoms with Crippen molar-refractivity contribution in [3.8, 4) is 5.75 Å². The van der Waals surface area contributed by atoms with Crippen molar-refractivity contribution in [2.75, 3.05) is 13.7 Å². The molecular weight excluding hydrogens is 352 g/mol. The van der Waals surface area contributed by atoms with E-state index in [1.54, 1.807) is 0 Å².